The van der Waals surface area contributed by atoms with Crippen molar-refractivity contribution in [2.45, 2.75) is 26.9 Å². The number of nitrogens with one attached hydrogen (secondary N) is 1. The van der Waals surface area contributed by atoms with Crippen molar-refractivity contribution >= 4 is 23.3 Å². The Hall–Kier alpha value is -3.74. The van der Waals surface area contributed by atoms with Crippen LogP contribution in [0.15, 0.2) is 60.8 Å². The molecule has 0 radical (unpaired) electrons. The van der Waals surface area contributed by atoms with Gasteiger partial charge in [0.05, 0.1) is 11.3 Å². The number of carbonyl (C=O) groups excluding carboxylic acids is 3. The number of hydrogen-bond donors (Lipinski definition) is 1. The lowest BCUT2D eigenvalue weighted by Crippen LogP contribution is -2.24. The van der Waals surface area contributed by atoms with E-state index < -0.39 is 12.1 Å². The molecule has 2 aromatic carbocycles. The molecule has 1 atom stereocenters. The van der Waals surface area contributed by atoms with E-state index in [1.807, 2.05) is 13.0 Å². The maximum absolute atomic E-state index is 12.5. The fraction of sp³-hybridized carbons (Fsp3) is 0.182. The molecule has 1 N–H and O–H groups in total. The van der Waals surface area contributed by atoms with Crippen molar-refractivity contribution in [1.82, 2.24) is 9.78 Å². The van der Waals surface area contributed by atoms with Crippen LogP contribution >= 0.6 is 0 Å². The van der Waals surface area contributed by atoms with Crippen LogP contribution in [0.4, 0.5) is 5.69 Å². The van der Waals surface area contributed by atoms with Crippen molar-refractivity contribution < 1.29 is 19.1 Å². The van der Waals surface area contributed by atoms with Gasteiger partial charge in [-0.1, -0.05) is 0 Å². The van der Waals surface area contributed by atoms with E-state index in [4.69, 9.17) is 4.74 Å². The highest BCUT2D eigenvalue weighted by Crippen LogP contribution is 2.15. The fourth-order valence-electron chi connectivity index (χ4n) is 2.82. The van der Waals surface area contributed by atoms with Gasteiger partial charge in [-0.15, -0.1) is 0 Å². The Balaban J connectivity index is 1.64. The molecular formula is C22H21N3O4. The van der Waals surface area contributed by atoms with Gasteiger partial charge in [0.25, 0.3) is 0 Å². The van der Waals surface area contributed by atoms with E-state index in [0.717, 1.165) is 11.4 Å². The van der Waals surface area contributed by atoms with Crippen molar-refractivity contribution in [3.63, 3.8) is 0 Å². The van der Waals surface area contributed by atoms with Gasteiger partial charge in [-0.3, -0.25) is 9.59 Å². The number of rotatable bonds is 6. The topological polar surface area (TPSA) is 90.3 Å². The largest absolute Gasteiger partial charge is 0.451 e. The lowest BCUT2D eigenvalue weighted by Gasteiger charge is -2.13. The third-order valence-electron chi connectivity index (χ3n) is 4.32. The van der Waals surface area contributed by atoms with Gasteiger partial charge in [-0.25, -0.2) is 9.48 Å². The normalized spacial score (nSPS) is 11.6. The van der Waals surface area contributed by atoms with Crippen molar-refractivity contribution in [2.75, 3.05) is 5.32 Å². The standard InChI is InChI=1S/C22H21N3O4/c1-14-12-13-23-25(14)20-10-6-18(7-11-20)22(28)29-15(2)21(27)17-4-8-19(9-5-17)24-16(3)26/h4-13,15H,1-3H3,(H,24,26)/t15-/m1/s1. The van der Waals surface area contributed by atoms with E-state index in [-0.39, 0.29) is 11.7 Å². The summed E-state index contributed by atoms with van der Waals surface area (Å²) < 4.78 is 7.08. The Morgan fingerprint density at radius 3 is 2.14 bits per heavy atom. The van der Waals surface area contributed by atoms with Gasteiger partial charge < -0.3 is 10.1 Å². The average Bonchev–Trinajstić information content (AvgIpc) is 3.13. The zero-order chi connectivity index (χ0) is 21.0. The van der Waals surface area contributed by atoms with Gasteiger partial charge in [0.2, 0.25) is 11.7 Å². The van der Waals surface area contributed by atoms with Crippen molar-refractivity contribution in [2.24, 2.45) is 0 Å². The Kier molecular flexibility index (Phi) is 5.87. The minimum Gasteiger partial charge on any atom is -0.451 e. The van der Waals surface area contributed by atoms with Crippen LogP contribution in [0.3, 0.4) is 0 Å². The lowest BCUT2D eigenvalue weighted by molar-refractivity contribution is -0.114. The first-order valence-corrected chi connectivity index (χ1v) is 9.09. The van der Waals surface area contributed by atoms with Gasteiger partial charge in [0, 0.05) is 30.1 Å². The zero-order valence-electron chi connectivity index (χ0n) is 16.4. The predicted octanol–water partition coefficient (Wildman–Crippen LogP) is 3.57. The number of ketones is 1. The maximum Gasteiger partial charge on any atom is 0.338 e. The molecule has 0 saturated heterocycles. The minimum atomic E-state index is -0.942. The molecule has 1 aromatic heterocycles. The molecule has 1 heterocycles. The van der Waals surface area contributed by atoms with E-state index >= 15 is 0 Å². The van der Waals surface area contributed by atoms with Crippen LogP contribution in [0.2, 0.25) is 0 Å². The summed E-state index contributed by atoms with van der Waals surface area (Å²) in [4.78, 5) is 36.0. The average molecular weight is 391 g/mol. The number of benzene rings is 2. The number of nitrogens with zero attached hydrogens (tertiary/aromatic N) is 2. The highest BCUT2D eigenvalue weighted by molar-refractivity contribution is 6.02. The highest BCUT2D eigenvalue weighted by atomic mass is 16.5. The van der Waals surface area contributed by atoms with Gasteiger partial charge >= 0.3 is 5.97 Å². The third-order valence-corrected chi connectivity index (χ3v) is 4.32. The fourth-order valence-corrected chi connectivity index (χ4v) is 2.82. The van der Waals surface area contributed by atoms with Crippen molar-refractivity contribution in [3.05, 3.63) is 77.6 Å². The summed E-state index contributed by atoms with van der Waals surface area (Å²) in [5, 5.41) is 6.85. The van der Waals surface area contributed by atoms with E-state index in [1.54, 1.807) is 59.4 Å². The molecule has 7 nitrogen and oxygen atoms in total. The first kappa shape index (κ1) is 20.0. The van der Waals surface area contributed by atoms with Gasteiger partial charge in [0.1, 0.15) is 0 Å². The Labute approximate surface area is 168 Å². The Morgan fingerprint density at radius 1 is 0.966 bits per heavy atom. The van der Waals surface area contributed by atoms with Crippen LogP contribution in [0.5, 0.6) is 0 Å². The molecule has 0 saturated carbocycles. The van der Waals surface area contributed by atoms with Crippen LogP contribution < -0.4 is 5.32 Å². The summed E-state index contributed by atoms with van der Waals surface area (Å²) in [7, 11) is 0. The summed E-state index contributed by atoms with van der Waals surface area (Å²) in [6, 6.07) is 15.1. The summed E-state index contributed by atoms with van der Waals surface area (Å²) in [5.41, 5.74) is 3.13. The molecule has 0 bridgehead atoms. The van der Waals surface area contributed by atoms with E-state index in [1.165, 1.54) is 13.8 Å². The molecule has 3 aromatic rings. The quantitative estimate of drug-likeness (QED) is 0.512. The lowest BCUT2D eigenvalue weighted by atomic mass is 10.1. The second-order valence-corrected chi connectivity index (χ2v) is 6.60. The number of Topliss-reactive ketones (excluding diaryl/α,β-unsaturated/α-hetero) is 1. The molecule has 0 fully saturated rings. The summed E-state index contributed by atoms with van der Waals surface area (Å²) >= 11 is 0. The van der Waals surface area contributed by atoms with E-state index in [0.29, 0.717) is 16.8 Å². The Morgan fingerprint density at radius 2 is 1.59 bits per heavy atom. The molecule has 1 amide bonds. The van der Waals surface area contributed by atoms with Crippen LogP contribution in [0.1, 0.15) is 40.3 Å². The molecule has 0 aliphatic carbocycles. The molecule has 3 rings (SSSR count). The zero-order valence-corrected chi connectivity index (χ0v) is 16.4. The first-order chi connectivity index (χ1) is 13.8. The van der Waals surface area contributed by atoms with Crippen LogP contribution in [-0.2, 0) is 9.53 Å². The number of aryl methyl sites for hydroxylation is 1. The summed E-state index contributed by atoms with van der Waals surface area (Å²) in [6.45, 7) is 4.87. The van der Waals surface area contributed by atoms with Gasteiger partial charge in [0.15, 0.2) is 6.10 Å². The Bertz CT molecular complexity index is 1040. The minimum absolute atomic E-state index is 0.194. The number of hydrogen-bond acceptors (Lipinski definition) is 5. The smallest absolute Gasteiger partial charge is 0.338 e. The molecule has 0 aliphatic rings. The van der Waals surface area contributed by atoms with Gasteiger partial charge in [-0.2, -0.15) is 5.10 Å². The maximum atomic E-state index is 12.5. The number of ether oxygens (including phenoxy) is 1. The third kappa shape index (κ3) is 4.76. The number of amides is 1. The van der Waals surface area contributed by atoms with Gasteiger partial charge in [-0.05, 0) is 68.4 Å². The molecule has 0 aliphatic heterocycles. The van der Waals surface area contributed by atoms with Crippen LogP contribution in [0, 0.1) is 6.92 Å². The number of anilines is 1. The number of carbonyl (C=O) groups is 3. The molecule has 29 heavy (non-hydrogen) atoms. The molecule has 0 unspecified atom stereocenters. The highest BCUT2D eigenvalue weighted by Gasteiger charge is 2.20. The SMILES string of the molecule is CC(=O)Nc1ccc(C(=O)[C@@H](C)OC(=O)c2ccc(-n3nccc3C)cc2)cc1. The second-order valence-electron chi connectivity index (χ2n) is 6.60. The van der Waals surface area contributed by atoms with Crippen molar-refractivity contribution in [1.29, 1.82) is 0 Å². The molecule has 148 valence electrons. The second kappa shape index (κ2) is 8.52. The predicted molar refractivity (Wildman–Crippen MR) is 108 cm³/mol. The molecular weight excluding hydrogens is 370 g/mol. The number of esters is 1. The molecule has 0 spiro atoms. The number of aromatic nitrogens is 2. The van der Waals surface area contributed by atoms with Crippen molar-refractivity contribution in [3.8, 4) is 5.69 Å². The van der Waals surface area contributed by atoms with E-state index in [9.17, 15) is 14.4 Å². The monoisotopic (exact) mass is 391 g/mol. The van der Waals surface area contributed by atoms with E-state index in [2.05, 4.69) is 10.4 Å². The summed E-state index contributed by atoms with van der Waals surface area (Å²) in [5.74, 6) is -1.10. The van der Waals surface area contributed by atoms with Crippen LogP contribution in [0.25, 0.3) is 5.69 Å². The van der Waals surface area contributed by atoms with Crippen LogP contribution in [-0.4, -0.2) is 33.5 Å². The summed E-state index contributed by atoms with van der Waals surface area (Å²) in [6.07, 6.45) is 0.759. The first-order valence-electron chi connectivity index (χ1n) is 9.09. The molecule has 7 heteroatoms.